The monoisotopic (exact) mass is 366 g/mol. The number of nitrogens with zero attached hydrogens (tertiary/aromatic N) is 1. The normalized spacial score (nSPS) is 13.3. The molecule has 6 nitrogen and oxygen atoms in total. The van der Waals surface area contributed by atoms with Crippen LogP contribution in [-0.2, 0) is 4.74 Å². The van der Waals surface area contributed by atoms with Crippen LogP contribution in [0.5, 0.6) is 0 Å². The fourth-order valence-electron chi connectivity index (χ4n) is 3.07. The number of anilines is 1. The Labute approximate surface area is 158 Å². The molecule has 1 fully saturated rings. The van der Waals surface area contributed by atoms with Crippen molar-refractivity contribution in [1.82, 2.24) is 4.90 Å². The van der Waals surface area contributed by atoms with Gasteiger partial charge in [-0.25, -0.2) is 4.79 Å². The molecular weight excluding hydrogens is 344 g/mol. The van der Waals surface area contributed by atoms with E-state index in [9.17, 15) is 14.4 Å². The Balaban J connectivity index is 1.78. The predicted molar refractivity (Wildman–Crippen MR) is 102 cm³/mol. The number of amides is 2. The van der Waals surface area contributed by atoms with Gasteiger partial charge in [-0.15, -0.1) is 0 Å². The molecule has 1 saturated heterocycles. The maximum atomic E-state index is 12.7. The van der Waals surface area contributed by atoms with E-state index in [0.29, 0.717) is 16.8 Å². The van der Waals surface area contributed by atoms with Gasteiger partial charge in [0.2, 0.25) is 0 Å². The topological polar surface area (TPSA) is 75.7 Å². The first-order valence-corrected chi connectivity index (χ1v) is 9.07. The Morgan fingerprint density at radius 2 is 1.70 bits per heavy atom. The second-order valence-electron chi connectivity index (χ2n) is 6.30. The van der Waals surface area contributed by atoms with Crippen LogP contribution in [0, 0.1) is 0 Å². The van der Waals surface area contributed by atoms with Crippen LogP contribution in [0.15, 0.2) is 48.5 Å². The van der Waals surface area contributed by atoms with E-state index in [0.717, 1.165) is 25.9 Å². The number of rotatable bonds is 5. The van der Waals surface area contributed by atoms with Gasteiger partial charge in [-0.3, -0.25) is 9.59 Å². The lowest BCUT2D eigenvalue weighted by Crippen LogP contribution is -2.27. The summed E-state index contributed by atoms with van der Waals surface area (Å²) in [5.41, 5.74) is 1.51. The summed E-state index contributed by atoms with van der Waals surface area (Å²) in [4.78, 5) is 39.0. The Kier molecular flexibility index (Phi) is 5.86. The number of nitrogens with one attached hydrogen (secondary N) is 1. The average Bonchev–Trinajstić information content (AvgIpc) is 3.23. The standard InChI is InChI=1S/C21H22N2O4/c1-2-27-21(26)17-10-3-4-11-18(17)22-19(24)15-8-7-9-16(14-15)20(25)23-12-5-6-13-23/h3-4,7-11,14H,2,5-6,12-13H2,1H3,(H,22,24). The van der Waals surface area contributed by atoms with Crippen molar-refractivity contribution in [3.05, 3.63) is 65.2 Å². The molecule has 1 heterocycles. The molecule has 0 atom stereocenters. The summed E-state index contributed by atoms with van der Waals surface area (Å²) in [7, 11) is 0. The number of para-hydroxylation sites is 1. The van der Waals surface area contributed by atoms with E-state index in [-0.39, 0.29) is 24.0 Å². The van der Waals surface area contributed by atoms with E-state index in [1.807, 2.05) is 0 Å². The molecule has 2 aromatic carbocycles. The lowest BCUT2D eigenvalue weighted by molar-refractivity contribution is 0.0527. The Hall–Kier alpha value is -3.15. The van der Waals surface area contributed by atoms with Crippen molar-refractivity contribution in [3.8, 4) is 0 Å². The minimum absolute atomic E-state index is 0.0610. The quantitative estimate of drug-likeness (QED) is 0.824. The number of hydrogen-bond donors (Lipinski definition) is 1. The van der Waals surface area contributed by atoms with Gasteiger partial charge in [0, 0.05) is 24.2 Å². The molecule has 140 valence electrons. The van der Waals surface area contributed by atoms with Gasteiger partial charge in [-0.05, 0) is 50.1 Å². The highest BCUT2D eigenvalue weighted by Crippen LogP contribution is 2.19. The number of ether oxygens (including phenoxy) is 1. The maximum absolute atomic E-state index is 12.7. The predicted octanol–water partition coefficient (Wildman–Crippen LogP) is 3.35. The summed E-state index contributed by atoms with van der Waals surface area (Å²) >= 11 is 0. The lowest BCUT2D eigenvalue weighted by Gasteiger charge is -2.16. The summed E-state index contributed by atoms with van der Waals surface area (Å²) in [5.74, 6) is -0.941. The molecule has 3 rings (SSSR count). The number of carbonyl (C=O) groups excluding carboxylic acids is 3. The summed E-state index contributed by atoms with van der Waals surface area (Å²) in [6.45, 7) is 3.48. The van der Waals surface area contributed by atoms with Crippen LogP contribution >= 0.6 is 0 Å². The molecule has 0 aromatic heterocycles. The van der Waals surface area contributed by atoms with Gasteiger partial charge in [0.05, 0.1) is 17.9 Å². The first kappa shape index (κ1) is 18.6. The number of carbonyl (C=O) groups is 3. The van der Waals surface area contributed by atoms with E-state index in [2.05, 4.69) is 5.32 Å². The van der Waals surface area contributed by atoms with Gasteiger partial charge in [0.25, 0.3) is 11.8 Å². The SMILES string of the molecule is CCOC(=O)c1ccccc1NC(=O)c1cccc(C(=O)N2CCCC2)c1. The highest BCUT2D eigenvalue weighted by Gasteiger charge is 2.21. The van der Waals surface area contributed by atoms with Crippen molar-refractivity contribution in [1.29, 1.82) is 0 Å². The fraction of sp³-hybridized carbons (Fsp3) is 0.286. The Morgan fingerprint density at radius 1 is 1.00 bits per heavy atom. The smallest absolute Gasteiger partial charge is 0.340 e. The molecule has 1 aliphatic heterocycles. The number of esters is 1. The van der Waals surface area contributed by atoms with E-state index in [4.69, 9.17) is 4.74 Å². The van der Waals surface area contributed by atoms with Gasteiger partial charge < -0.3 is 15.0 Å². The van der Waals surface area contributed by atoms with Crippen LogP contribution in [0.4, 0.5) is 5.69 Å². The zero-order chi connectivity index (χ0) is 19.2. The molecule has 1 aliphatic rings. The molecule has 1 N–H and O–H groups in total. The van der Waals surface area contributed by atoms with Crippen LogP contribution in [0.1, 0.15) is 50.8 Å². The van der Waals surface area contributed by atoms with Crippen LogP contribution < -0.4 is 5.32 Å². The van der Waals surface area contributed by atoms with Crippen LogP contribution in [0.3, 0.4) is 0 Å². The van der Waals surface area contributed by atoms with Gasteiger partial charge in [0.1, 0.15) is 0 Å². The van der Waals surface area contributed by atoms with E-state index >= 15 is 0 Å². The van der Waals surface area contributed by atoms with E-state index < -0.39 is 5.97 Å². The third kappa shape index (κ3) is 4.34. The van der Waals surface area contributed by atoms with Crippen molar-refractivity contribution in [2.24, 2.45) is 0 Å². The molecule has 0 unspecified atom stereocenters. The second kappa shape index (κ2) is 8.49. The maximum Gasteiger partial charge on any atom is 0.340 e. The van der Waals surface area contributed by atoms with Gasteiger partial charge in [-0.2, -0.15) is 0 Å². The van der Waals surface area contributed by atoms with Crippen molar-refractivity contribution in [3.63, 3.8) is 0 Å². The molecule has 2 aromatic rings. The summed E-state index contributed by atoms with van der Waals surface area (Å²) in [5, 5.41) is 2.74. The first-order chi connectivity index (χ1) is 13.1. The molecule has 27 heavy (non-hydrogen) atoms. The zero-order valence-corrected chi connectivity index (χ0v) is 15.2. The minimum Gasteiger partial charge on any atom is -0.462 e. The van der Waals surface area contributed by atoms with Crippen LogP contribution in [0.25, 0.3) is 0 Å². The Morgan fingerprint density at radius 3 is 2.44 bits per heavy atom. The summed E-state index contributed by atoms with van der Waals surface area (Å²) < 4.78 is 5.02. The third-order valence-electron chi connectivity index (χ3n) is 4.44. The van der Waals surface area contributed by atoms with Crippen molar-refractivity contribution in [2.45, 2.75) is 19.8 Å². The largest absolute Gasteiger partial charge is 0.462 e. The molecule has 0 saturated carbocycles. The molecule has 2 amide bonds. The zero-order valence-electron chi connectivity index (χ0n) is 15.2. The average molecular weight is 366 g/mol. The first-order valence-electron chi connectivity index (χ1n) is 9.07. The summed E-state index contributed by atoms with van der Waals surface area (Å²) in [6, 6.07) is 13.3. The molecule has 6 heteroatoms. The van der Waals surface area contributed by atoms with E-state index in [1.165, 1.54) is 0 Å². The number of hydrogen-bond acceptors (Lipinski definition) is 4. The fourth-order valence-corrected chi connectivity index (χ4v) is 3.07. The highest BCUT2D eigenvalue weighted by atomic mass is 16.5. The van der Waals surface area contributed by atoms with Crippen molar-refractivity contribution < 1.29 is 19.1 Å². The lowest BCUT2D eigenvalue weighted by atomic mass is 10.1. The second-order valence-corrected chi connectivity index (χ2v) is 6.30. The molecule has 0 bridgehead atoms. The number of likely N-dealkylation sites (tertiary alicyclic amines) is 1. The highest BCUT2D eigenvalue weighted by molar-refractivity contribution is 6.09. The van der Waals surface area contributed by atoms with Gasteiger partial charge in [-0.1, -0.05) is 18.2 Å². The third-order valence-corrected chi connectivity index (χ3v) is 4.44. The summed E-state index contributed by atoms with van der Waals surface area (Å²) in [6.07, 6.45) is 2.02. The molecule has 0 spiro atoms. The Bertz CT molecular complexity index is 857. The molecule has 0 aliphatic carbocycles. The van der Waals surface area contributed by atoms with Gasteiger partial charge >= 0.3 is 5.97 Å². The molecular formula is C21H22N2O4. The minimum atomic E-state index is -0.494. The van der Waals surface area contributed by atoms with Crippen molar-refractivity contribution in [2.75, 3.05) is 25.0 Å². The van der Waals surface area contributed by atoms with Crippen molar-refractivity contribution >= 4 is 23.5 Å². The van der Waals surface area contributed by atoms with Crippen LogP contribution in [-0.4, -0.2) is 42.4 Å². The van der Waals surface area contributed by atoms with E-state index in [1.54, 1.807) is 60.4 Å². The van der Waals surface area contributed by atoms with Gasteiger partial charge in [0.15, 0.2) is 0 Å². The molecule has 0 radical (unpaired) electrons. The number of benzene rings is 2. The van der Waals surface area contributed by atoms with Crippen LogP contribution in [0.2, 0.25) is 0 Å².